The summed E-state index contributed by atoms with van der Waals surface area (Å²) in [4.78, 5) is 25.7. The third-order valence-corrected chi connectivity index (χ3v) is 12.0. The highest BCUT2D eigenvalue weighted by Gasteiger charge is 2.54. The zero-order valence-corrected chi connectivity index (χ0v) is 27.3. The number of rotatable bonds is 4. The Morgan fingerprint density at radius 2 is 1.67 bits per heavy atom. The molecule has 1 spiro atoms. The third kappa shape index (κ3) is 5.65. The Balaban J connectivity index is 1.35. The molecule has 10 nitrogen and oxygen atoms in total. The van der Waals surface area contributed by atoms with Gasteiger partial charge in [0.2, 0.25) is 5.78 Å². The maximum Gasteiger partial charge on any atom is 0.260 e. The van der Waals surface area contributed by atoms with Crippen molar-refractivity contribution < 1.29 is 44.6 Å². The van der Waals surface area contributed by atoms with E-state index in [1.807, 2.05) is 13.8 Å². The van der Waals surface area contributed by atoms with Crippen molar-refractivity contribution in [3.05, 3.63) is 46.7 Å². The fraction of sp³-hybridized carbons (Fsp3) is 0.667. The summed E-state index contributed by atoms with van der Waals surface area (Å²) < 4.78 is 13.9. The summed E-state index contributed by atoms with van der Waals surface area (Å²) in [6, 6.07) is 4.54. The fourth-order valence-corrected chi connectivity index (χ4v) is 9.40. The molecule has 0 bridgehead atoms. The lowest BCUT2D eigenvalue weighted by atomic mass is 9.56. The third-order valence-electron chi connectivity index (χ3n) is 12.0. The van der Waals surface area contributed by atoms with E-state index in [0.29, 0.717) is 24.8 Å². The van der Waals surface area contributed by atoms with Crippen molar-refractivity contribution in [3.63, 3.8) is 0 Å². The van der Waals surface area contributed by atoms with Gasteiger partial charge in [-0.3, -0.25) is 9.59 Å². The summed E-state index contributed by atoms with van der Waals surface area (Å²) in [6.45, 7) is 10.4. The average Bonchev–Trinajstić information content (AvgIpc) is 3.24. The number of ketones is 1. The van der Waals surface area contributed by atoms with Crippen molar-refractivity contribution in [1.29, 1.82) is 0 Å². The molecule has 13 atom stereocenters. The molecular weight excluding hydrogens is 590 g/mol. The van der Waals surface area contributed by atoms with E-state index in [1.54, 1.807) is 12.1 Å². The molecule has 5 aliphatic rings. The Bertz CT molecular complexity index is 1420. The minimum Gasteiger partial charge on any atom is -0.511 e. The van der Waals surface area contributed by atoms with Gasteiger partial charge >= 0.3 is 0 Å². The number of hydrogen-bond acceptors (Lipinski definition) is 9. The number of phenolic OH excluding ortho intramolecular Hbond substituents is 2. The number of carbonyl (C=O) groups excluding carboxylic acids is 2. The predicted molar refractivity (Wildman–Crippen MR) is 168 cm³/mol. The number of nitrogens with one attached hydrogen (secondary N) is 1. The van der Waals surface area contributed by atoms with Gasteiger partial charge in [-0.05, 0) is 92.2 Å². The monoisotopic (exact) mass is 639 g/mol. The van der Waals surface area contributed by atoms with Crippen molar-refractivity contribution >= 4 is 11.7 Å². The van der Waals surface area contributed by atoms with Gasteiger partial charge in [-0.1, -0.05) is 39.3 Å². The van der Waals surface area contributed by atoms with Gasteiger partial charge in [0.25, 0.3) is 5.91 Å². The van der Waals surface area contributed by atoms with E-state index in [2.05, 4.69) is 32.2 Å². The molecule has 10 heteroatoms. The molecule has 252 valence electrons. The van der Waals surface area contributed by atoms with Crippen molar-refractivity contribution in [1.82, 2.24) is 5.32 Å². The van der Waals surface area contributed by atoms with E-state index in [9.17, 15) is 35.1 Å². The number of aromatic hydroxyl groups is 2. The molecule has 3 heterocycles. The second-order valence-corrected chi connectivity index (χ2v) is 14.9. The van der Waals surface area contributed by atoms with Crippen LogP contribution in [-0.4, -0.2) is 61.4 Å². The van der Waals surface area contributed by atoms with Gasteiger partial charge in [-0.15, -0.1) is 0 Å². The van der Waals surface area contributed by atoms with Crippen LogP contribution >= 0.6 is 0 Å². The Morgan fingerprint density at radius 1 is 0.978 bits per heavy atom. The Kier molecular flexibility index (Phi) is 8.80. The van der Waals surface area contributed by atoms with Crippen LogP contribution in [0.2, 0.25) is 0 Å². The molecule has 4 fully saturated rings. The second kappa shape index (κ2) is 12.3. The minimum absolute atomic E-state index is 0.0311. The van der Waals surface area contributed by atoms with Gasteiger partial charge in [0.15, 0.2) is 12.0 Å². The number of allylic oxidation sites excluding steroid dienone is 3. The summed E-state index contributed by atoms with van der Waals surface area (Å²) in [5, 5.41) is 55.5. The maximum atomic E-state index is 12.9. The fourth-order valence-electron chi connectivity index (χ4n) is 9.40. The molecule has 1 saturated carbocycles. The van der Waals surface area contributed by atoms with E-state index in [-0.39, 0.29) is 64.8 Å². The summed E-state index contributed by atoms with van der Waals surface area (Å²) in [5.41, 5.74) is 1.34. The normalized spacial score (nSPS) is 44.0. The molecule has 3 saturated heterocycles. The second-order valence-electron chi connectivity index (χ2n) is 14.9. The number of ether oxygens (including phenoxy) is 2. The number of benzene rings is 1. The highest BCUT2D eigenvalue weighted by molar-refractivity contribution is 6.26. The van der Waals surface area contributed by atoms with E-state index in [1.165, 1.54) is 6.07 Å². The number of hydrogen-bond donors (Lipinski definition) is 6. The standard InChI is InChI=1S/C36H49NO9/c1-16-8-9-36(46-33(16)22-12-23(38)14-24(39)13-22)19(4)10-18(3)27(45-36)15-25-17(2)11-21-6-7-26(40)20(5)28(21)29(25)31(41)30-32(42)35(44)37-34(30)43/h11-14,16,18-21,25-29,33,35,38-41,44H,6-10,15H2,1-5H3,(H,37,43)/b31-30+/t16-,18-,19-,20-,21-,25?,26+,27+,28-,29-,33?,35?,36?/m0/s1. The molecular formula is C36H49NO9. The topological polar surface area (TPSA) is 166 Å². The van der Waals surface area contributed by atoms with Gasteiger partial charge in [-0.2, -0.15) is 0 Å². The molecule has 2 aliphatic carbocycles. The van der Waals surface area contributed by atoms with Crippen LogP contribution in [0.5, 0.6) is 11.5 Å². The first-order chi connectivity index (χ1) is 21.7. The van der Waals surface area contributed by atoms with Crippen molar-refractivity contribution in [3.8, 4) is 11.5 Å². The van der Waals surface area contributed by atoms with Crippen LogP contribution in [0.4, 0.5) is 0 Å². The summed E-state index contributed by atoms with van der Waals surface area (Å²) in [6.07, 6.45) is 3.50. The quantitative estimate of drug-likeness (QED) is 0.118. The lowest BCUT2D eigenvalue weighted by Gasteiger charge is -2.54. The lowest BCUT2D eigenvalue weighted by molar-refractivity contribution is -0.356. The number of aliphatic hydroxyl groups excluding tert-OH is 3. The largest absolute Gasteiger partial charge is 0.511 e. The molecule has 6 N–H and O–H groups in total. The van der Waals surface area contributed by atoms with Crippen LogP contribution in [0.3, 0.4) is 0 Å². The van der Waals surface area contributed by atoms with Gasteiger partial charge in [0.1, 0.15) is 22.8 Å². The van der Waals surface area contributed by atoms with E-state index in [0.717, 1.165) is 24.8 Å². The number of fused-ring (bicyclic) bond motifs is 1. The number of carbonyl (C=O) groups is 2. The van der Waals surface area contributed by atoms with Crippen molar-refractivity contribution in [2.24, 2.45) is 47.3 Å². The number of phenols is 2. The van der Waals surface area contributed by atoms with Crippen LogP contribution in [0.1, 0.15) is 84.8 Å². The molecule has 0 aromatic heterocycles. The SMILES string of the molecule is CC1=C[C@@H]2CC[C@@H](O)[C@H](C)[C@@H]2[C@@H](/C(O)=C2\C(=O)NC(O)C2=O)C1C[C@H]1OC2(CC[C@H](C)C(c3cc(O)cc(O)c3)O2)[C@@H](C)C[C@@H]1C. The van der Waals surface area contributed by atoms with Crippen molar-refractivity contribution in [2.75, 3.05) is 0 Å². The predicted octanol–water partition coefficient (Wildman–Crippen LogP) is 4.78. The molecule has 0 radical (unpaired) electrons. The number of Topliss-reactive ketones (excluding diaryl/α,β-unsaturated/α-hetero) is 1. The first-order valence-corrected chi connectivity index (χ1v) is 16.9. The highest BCUT2D eigenvalue weighted by Crippen LogP contribution is 2.55. The number of amides is 1. The first kappa shape index (κ1) is 33.0. The molecule has 6 rings (SSSR count). The molecule has 1 aromatic carbocycles. The van der Waals surface area contributed by atoms with Crippen LogP contribution in [0, 0.1) is 47.3 Å². The highest BCUT2D eigenvalue weighted by atomic mass is 16.7. The summed E-state index contributed by atoms with van der Waals surface area (Å²) >= 11 is 0. The maximum absolute atomic E-state index is 12.9. The first-order valence-electron chi connectivity index (χ1n) is 16.9. The summed E-state index contributed by atoms with van der Waals surface area (Å²) in [7, 11) is 0. The van der Waals surface area contributed by atoms with Crippen molar-refractivity contribution in [2.45, 2.75) is 103 Å². The summed E-state index contributed by atoms with van der Waals surface area (Å²) in [5.74, 6) is -3.85. The molecule has 3 aliphatic heterocycles. The zero-order valence-electron chi connectivity index (χ0n) is 27.3. The minimum atomic E-state index is -1.69. The van der Waals surface area contributed by atoms with Gasteiger partial charge < -0.3 is 40.3 Å². The Morgan fingerprint density at radius 3 is 2.33 bits per heavy atom. The van der Waals surface area contributed by atoms with Gasteiger partial charge in [0, 0.05) is 24.3 Å². The van der Waals surface area contributed by atoms with Crippen LogP contribution in [-0.2, 0) is 19.1 Å². The van der Waals surface area contributed by atoms with E-state index < -0.39 is 47.4 Å². The van der Waals surface area contributed by atoms with Crippen LogP contribution < -0.4 is 5.32 Å². The smallest absolute Gasteiger partial charge is 0.260 e. The van der Waals surface area contributed by atoms with Gasteiger partial charge in [-0.25, -0.2) is 0 Å². The van der Waals surface area contributed by atoms with Crippen LogP contribution in [0.15, 0.2) is 41.2 Å². The Hall–Kier alpha value is -2.92. The molecule has 46 heavy (non-hydrogen) atoms. The lowest BCUT2D eigenvalue weighted by Crippen LogP contribution is -2.55. The van der Waals surface area contributed by atoms with Crippen LogP contribution in [0.25, 0.3) is 0 Å². The Labute approximate surface area is 270 Å². The van der Waals surface area contributed by atoms with E-state index in [4.69, 9.17) is 9.47 Å². The average molecular weight is 640 g/mol. The zero-order chi connectivity index (χ0) is 33.2. The molecule has 1 amide bonds. The van der Waals surface area contributed by atoms with Gasteiger partial charge in [0.05, 0.1) is 18.3 Å². The van der Waals surface area contributed by atoms with E-state index >= 15 is 0 Å². The molecule has 1 aromatic rings. The number of aliphatic hydroxyl groups is 3. The molecule has 4 unspecified atom stereocenters.